The molecule has 108 valence electrons. The van der Waals surface area contributed by atoms with Crippen LogP contribution in [0.1, 0.15) is 31.4 Å². The normalized spacial score (nSPS) is 12.1. The Hall–Kier alpha value is -1.07. The summed E-state index contributed by atoms with van der Waals surface area (Å²) >= 11 is 0. The first-order chi connectivity index (χ1) is 8.87. The van der Waals surface area contributed by atoms with E-state index in [0.717, 1.165) is 17.7 Å². The van der Waals surface area contributed by atoms with E-state index in [2.05, 4.69) is 19.2 Å². The molecule has 0 heterocycles. The molecule has 0 saturated heterocycles. The molecule has 0 fully saturated rings. The molecule has 0 aromatic heterocycles. The Labute approximate surface area is 112 Å². The first-order valence-electron chi connectivity index (χ1n) is 6.32. The van der Waals surface area contributed by atoms with Crippen molar-refractivity contribution in [1.82, 2.24) is 5.32 Å². The average Bonchev–Trinajstić information content (AvgIpc) is 2.32. The van der Waals surface area contributed by atoms with Crippen LogP contribution in [-0.4, -0.2) is 18.8 Å². The van der Waals surface area contributed by atoms with Crippen molar-refractivity contribution < 1.29 is 17.9 Å². The summed E-state index contributed by atoms with van der Waals surface area (Å²) < 4.78 is 40.7. The lowest BCUT2D eigenvalue weighted by Gasteiger charge is -2.09. The van der Waals surface area contributed by atoms with Gasteiger partial charge < -0.3 is 10.1 Å². The molecular formula is C14H20F3NO. The number of ether oxygens (including phenoxy) is 1. The summed E-state index contributed by atoms with van der Waals surface area (Å²) in [6, 6.07) is 8.09. The first kappa shape index (κ1) is 16.0. The molecule has 1 aromatic rings. The van der Waals surface area contributed by atoms with Crippen LogP contribution in [0.4, 0.5) is 13.2 Å². The number of rotatable bonds is 7. The Morgan fingerprint density at radius 2 is 1.68 bits per heavy atom. The number of halogens is 3. The highest BCUT2D eigenvalue weighted by atomic mass is 19.4. The molecule has 0 aliphatic heterocycles. The van der Waals surface area contributed by atoms with Crippen LogP contribution in [0.3, 0.4) is 0 Å². The SMILES string of the molecule is CC(C)NCc1ccc(COCCC(F)(F)F)cc1. The van der Waals surface area contributed by atoms with Crippen molar-refractivity contribution in [3.8, 4) is 0 Å². The van der Waals surface area contributed by atoms with E-state index in [-0.39, 0.29) is 13.2 Å². The van der Waals surface area contributed by atoms with Gasteiger partial charge in [0.15, 0.2) is 0 Å². The highest BCUT2D eigenvalue weighted by molar-refractivity contribution is 5.21. The van der Waals surface area contributed by atoms with Gasteiger partial charge in [-0.3, -0.25) is 0 Å². The molecule has 1 N–H and O–H groups in total. The van der Waals surface area contributed by atoms with Crippen LogP contribution in [0, 0.1) is 0 Å². The molecule has 5 heteroatoms. The van der Waals surface area contributed by atoms with Crippen LogP contribution < -0.4 is 5.32 Å². The molecular weight excluding hydrogens is 255 g/mol. The molecule has 0 radical (unpaired) electrons. The van der Waals surface area contributed by atoms with Gasteiger partial charge >= 0.3 is 6.18 Å². The van der Waals surface area contributed by atoms with Crippen LogP contribution in [0.2, 0.25) is 0 Å². The van der Waals surface area contributed by atoms with Gasteiger partial charge in [-0.05, 0) is 11.1 Å². The molecule has 1 rings (SSSR count). The lowest BCUT2D eigenvalue weighted by molar-refractivity contribution is -0.146. The van der Waals surface area contributed by atoms with Crippen LogP contribution in [0.25, 0.3) is 0 Å². The van der Waals surface area contributed by atoms with Crippen molar-refractivity contribution >= 4 is 0 Å². The van der Waals surface area contributed by atoms with Crippen molar-refractivity contribution in [2.75, 3.05) is 6.61 Å². The molecule has 0 aliphatic rings. The standard InChI is InChI=1S/C14H20F3NO/c1-11(2)18-9-12-3-5-13(6-4-12)10-19-8-7-14(15,16)17/h3-6,11,18H,7-10H2,1-2H3. The van der Waals surface area contributed by atoms with Gasteiger partial charge in [-0.1, -0.05) is 38.1 Å². The number of hydrogen-bond acceptors (Lipinski definition) is 2. The first-order valence-corrected chi connectivity index (χ1v) is 6.32. The molecule has 0 atom stereocenters. The summed E-state index contributed by atoms with van der Waals surface area (Å²) in [5.74, 6) is 0. The van der Waals surface area contributed by atoms with Crippen LogP contribution in [0.15, 0.2) is 24.3 Å². The Morgan fingerprint density at radius 3 is 2.21 bits per heavy atom. The Bertz CT molecular complexity index is 360. The summed E-state index contributed by atoms with van der Waals surface area (Å²) in [4.78, 5) is 0. The maximum Gasteiger partial charge on any atom is 0.391 e. The Balaban J connectivity index is 2.28. The lowest BCUT2D eigenvalue weighted by Crippen LogP contribution is -2.21. The maximum atomic E-state index is 11.9. The molecule has 0 spiro atoms. The number of hydrogen-bond donors (Lipinski definition) is 1. The predicted octanol–water partition coefficient (Wildman–Crippen LogP) is 3.65. The van der Waals surface area contributed by atoms with E-state index in [9.17, 15) is 13.2 Å². The quantitative estimate of drug-likeness (QED) is 0.767. The highest BCUT2D eigenvalue weighted by Gasteiger charge is 2.26. The van der Waals surface area contributed by atoms with Crippen LogP contribution >= 0.6 is 0 Å². The fraction of sp³-hybridized carbons (Fsp3) is 0.571. The maximum absolute atomic E-state index is 11.9. The molecule has 2 nitrogen and oxygen atoms in total. The summed E-state index contributed by atoms with van der Waals surface area (Å²) in [7, 11) is 0. The van der Waals surface area contributed by atoms with E-state index < -0.39 is 12.6 Å². The average molecular weight is 275 g/mol. The fourth-order valence-corrected chi connectivity index (χ4v) is 1.45. The van der Waals surface area contributed by atoms with E-state index in [1.807, 2.05) is 24.3 Å². The molecule has 0 aliphatic carbocycles. The summed E-state index contributed by atoms with van der Waals surface area (Å²) in [6.07, 6.45) is -5.05. The van der Waals surface area contributed by atoms with E-state index >= 15 is 0 Å². The Kier molecular flexibility index (Phi) is 6.31. The smallest absolute Gasteiger partial charge is 0.376 e. The van der Waals surface area contributed by atoms with Crippen LogP contribution in [0.5, 0.6) is 0 Å². The molecule has 0 bridgehead atoms. The van der Waals surface area contributed by atoms with Gasteiger partial charge in [0.2, 0.25) is 0 Å². The monoisotopic (exact) mass is 275 g/mol. The third-order valence-electron chi connectivity index (χ3n) is 2.54. The van der Waals surface area contributed by atoms with Gasteiger partial charge in [-0.25, -0.2) is 0 Å². The zero-order chi connectivity index (χ0) is 14.3. The van der Waals surface area contributed by atoms with Gasteiger partial charge in [0, 0.05) is 12.6 Å². The molecule has 0 unspecified atom stereocenters. The lowest BCUT2D eigenvalue weighted by atomic mass is 10.1. The van der Waals surface area contributed by atoms with Crippen LogP contribution in [-0.2, 0) is 17.9 Å². The summed E-state index contributed by atoms with van der Waals surface area (Å²) in [6.45, 7) is 4.85. The predicted molar refractivity (Wildman–Crippen MR) is 68.7 cm³/mol. The molecule has 1 aromatic carbocycles. The van der Waals surface area contributed by atoms with E-state index in [4.69, 9.17) is 4.74 Å². The summed E-state index contributed by atoms with van der Waals surface area (Å²) in [5.41, 5.74) is 2.03. The number of benzene rings is 1. The van der Waals surface area contributed by atoms with Crippen molar-refractivity contribution in [2.45, 2.75) is 45.6 Å². The minimum Gasteiger partial charge on any atom is -0.376 e. The minimum atomic E-state index is -4.15. The molecule has 19 heavy (non-hydrogen) atoms. The number of alkyl halides is 3. The molecule has 0 amide bonds. The largest absolute Gasteiger partial charge is 0.391 e. The zero-order valence-corrected chi connectivity index (χ0v) is 11.3. The van der Waals surface area contributed by atoms with Gasteiger partial charge in [0.25, 0.3) is 0 Å². The van der Waals surface area contributed by atoms with Gasteiger partial charge in [0.05, 0.1) is 19.6 Å². The third kappa shape index (κ3) is 7.85. The number of nitrogens with one attached hydrogen (secondary N) is 1. The van der Waals surface area contributed by atoms with Gasteiger partial charge in [0.1, 0.15) is 0 Å². The minimum absolute atomic E-state index is 0.216. The second-order valence-corrected chi connectivity index (χ2v) is 4.77. The van der Waals surface area contributed by atoms with E-state index in [1.54, 1.807) is 0 Å². The van der Waals surface area contributed by atoms with E-state index in [1.165, 1.54) is 0 Å². The Morgan fingerprint density at radius 1 is 1.11 bits per heavy atom. The van der Waals surface area contributed by atoms with Crippen molar-refractivity contribution in [3.05, 3.63) is 35.4 Å². The molecule has 0 saturated carbocycles. The van der Waals surface area contributed by atoms with E-state index in [0.29, 0.717) is 6.04 Å². The zero-order valence-electron chi connectivity index (χ0n) is 11.3. The van der Waals surface area contributed by atoms with Crippen molar-refractivity contribution in [2.24, 2.45) is 0 Å². The van der Waals surface area contributed by atoms with Gasteiger partial charge in [-0.2, -0.15) is 13.2 Å². The second-order valence-electron chi connectivity index (χ2n) is 4.77. The van der Waals surface area contributed by atoms with Crippen molar-refractivity contribution in [3.63, 3.8) is 0 Å². The highest BCUT2D eigenvalue weighted by Crippen LogP contribution is 2.19. The third-order valence-corrected chi connectivity index (χ3v) is 2.54. The van der Waals surface area contributed by atoms with Gasteiger partial charge in [-0.15, -0.1) is 0 Å². The topological polar surface area (TPSA) is 21.3 Å². The fourth-order valence-electron chi connectivity index (χ4n) is 1.45. The summed E-state index contributed by atoms with van der Waals surface area (Å²) in [5, 5.41) is 3.29. The second kappa shape index (κ2) is 7.50. The van der Waals surface area contributed by atoms with Crippen molar-refractivity contribution in [1.29, 1.82) is 0 Å².